The highest BCUT2D eigenvalue weighted by atomic mass is 16.6. The number of nitrogens with two attached hydrogens (primary N) is 1. The van der Waals surface area contributed by atoms with Crippen molar-refractivity contribution in [2.24, 2.45) is 5.90 Å². The Labute approximate surface area is 67.6 Å². The highest BCUT2D eigenvalue weighted by Crippen LogP contribution is 2.07. The lowest BCUT2D eigenvalue weighted by atomic mass is 10.3. The van der Waals surface area contributed by atoms with Gasteiger partial charge in [0, 0.05) is 6.42 Å². The van der Waals surface area contributed by atoms with Crippen LogP contribution in [0.15, 0.2) is 6.07 Å². The molecule has 0 aliphatic heterocycles. The lowest BCUT2D eigenvalue weighted by Crippen LogP contribution is -2.03. The molecule has 0 bridgehead atoms. The average molecular weight is 172 g/mol. The van der Waals surface area contributed by atoms with Gasteiger partial charge in [0.05, 0.1) is 18.4 Å². The van der Waals surface area contributed by atoms with Crippen molar-refractivity contribution in [3.63, 3.8) is 0 Å². The molecule has 1 heterocycles. The Hall–Kier alpha value is -1.47. The number of aromatic nitrogens is 2. The van der Waals surface area contributed by atoms with E-state index < -0.39 is 4.92 Å². The Balaban J connectivity index is 2.58. The first-order valence-electron chi connectivity index (χ1n) is 3.24. The molecule has 0 aliphatic rings. The van der Waals surface area contributed by atoms with Gasteiger partial charge in [-0.3, -0.25) is 0 Å². The molecule has 0 spiro atoms. The summed E-state index contributed by atoms with van der Waals surface area (Å²) < 4.78 is 0. The van der Waals surface area contributed by atoms with Gasteiger partial charge in [0.15, 0.2) is 0 Å². The maximum atomic E-state index is 10.2. The summed E-state index contributed by atoms with van der Waals surface area (Å²) in [4.78, 5) is 13.9. The molecule has 0 atom stereocenters. The third-order valence-electron chi connectivity index (χ3n) is 1.29. The first kappa shape index (κ1) is 8.62. The number of nitrogens with one attached hydrogen (secondary N) is 1. The van der Waals surface area contributed by atoms with E-state index in [4.69, 9.17) is 5.90 Å². The van der Waals surface area contributed by atoms with E-state index >= 15 is 0 Å². The van der Waals surface area contributed by atoms with Crippen molar-refractivity contribution >= 4 is 5.82 Å². The second-order valence-electron chi connectivity index (χ2n) is 2.12. The van der Waals surface area contributed by atoms with Gasteiger partial charge in [0.2, 0.25) is 0 Å². The lowest BCUT2D eigenvalue weighted by molar-refractivity contribution is -0.389. The van der Waals surface area contributed by atoms with Crippen LogP contribution in [0.25, 0.3) is 0 Å². The Bertz CT molecular complexity index is 271. The van der Waals surface area contributed by atoms with Crippen molar-refractivity contribution in [3.05, 3.63) is 21.9 Å². The minimum Gasteiger partial charge on any atom is -0.358 e. The van der Waals surface area contributed by atoms with Crippen LogP contribution in [0.1, 0.15) is 5.69 Å². The van der Waals surface area contributed by atoms with Gasteiger partial charge in [-0.15, -0.1) is 5.10 Å². The molecule has 7 nitrogen and oxygen atoms in total. The summed E-state index contributed by atoms with van der Waals surface area (Å²) in [6.07, 6.45) is 0.459. The number of nitrogens with zero attached hydrogens (tertiary/aromatic N) is 2. The molecule has 7 heteroatoms. The second kappa shape index (κ2) is 3.79. The fourth-order valence-electron chi connectivity index (χ4n) is 0.737. The van der Waals surface area contributed by atoms with Crippen molar-refractivity contribution in [1.82, 2.24) is 10.2 Å². The van der Waals surface area contributed by atoms with E-state index in [0.29, 0.717) is 18.7 Å². The first-order chi connectivity index (χ1) is 5.74. The van der Waals surface area contributed by atoms with Crippen LogP contribution in [0.3, 0.4) is 0 Å². The van der Waals surface area contributed by atoms with Crippen LogP contribution >= 0.6 is 0 Å². The predicted octanol–water partition coefficient (Wildman–Crippen LogP) is -0.249. The quantitative estimate of drug-likeness (QED) is 0.481. The van der Waals surface area contributed by atoms with E-state index in [9.17, 15) is 10.1 Å². The van der Waals surface area contributed by atoms with Crippen molar-refractivity contribution in [3.8, 4) is 0 Å². The van der Waals surface area contributed by atoms with Crippen molar-refractivity contribution in [2.45, 2.75) is 6.42 Å². The second-order valence-corrected chi connectivity index (χ2v) is 2.12. The van der Waals surface area contributed by atoms with E-state index in [-0.39, 0.29) is 5.82 Å². The SMILES string of the molecule is NOCCc1cc([N+](=O)[O-])[nH]n1. The van der Waals surface area contributed by atoms with Crippen molar-refractivity contribution < 1.29 is 9.76 Å². The minimum atomic E-state index is -0.542. The van der Waals surface area contributed by atoms with Gasteiger partial charge in [-0.05, 0) is 4.92 Å². The lowest BCUT2D eigenvalue weighted by Gasteiger charge is -1.90. The number of hydrogen-bond donors (Lipinski definition) is 2. The molecular weight excluding hydrogens is 164 g/mol. The van der Waals surface area contributed by atoms with Gasteiger partial charge in [-0.1, -0.05) is 5.10 Å². The molecule has 0 saturated heterocycles. The summed E-state index contributed by atoms with van der Waals surface area (Å²) in [5.41, 5.74) is 0.562. The Morgan fingerprint density at radius 2 is 2.58 bits per heavy atom. The van der Waals surface area contributed by atoms with Crippen LogP contribution in [0, 0.1) is 10.1 Å². The molecule has 1 aromatic heterocycles. The molecule has 0 aromatic carbocycles. The molecule has 0 saturated carbocycles. The van der Waals surface area contributed by atoms with Crippen LogP contribution in [-0.4, -0.2) is 21.7 Å². The van der Waals surface area contributed by atoms with Gasteiger partial charge in [0.1, 0.15) is 0 Å². The van der Waals surface area contributed by atoms with Gasteiger partial charge < -0.3 is 15.0 Å². The van der Waals surface area contributed by atoms with E-state index in [1.54, 1.807) is 0 Å². The Morgan fingerprint density at radius 1 is 1.83 bits per heavy atom. The smallest absolute Gasteiger partial charge is 0.342 e. The molecule has 0 aliphatic carbocycles. The maximum Gasteiger partial charge on any atom is 0.342 e. The average Bonchev–Trinajstić information content (AvgIpc) is 2.48. The monoisotopic (exact) mass is 172 g/mol. The molecule has 66 valence electrons. The van der Waals surface area contributed by atoms with Crippen LogP contribution in [0.5, 0.6) is 0 Å². The van der Waals surface area contributed by atoms with E-state index in [1.165, 1.54) is 6.07 Å². The van der Waals surface area contributed by atoms with Crippen LogP contribution in [-0.2, 0) is 11.3 Å². The van der Waals surface area contributed by atoms with E-state index in [1.807, 2.05) is 0 Å². The van der Waals surface area contributed by atoms with Crippen LogP contribution in [0.2, 0.25) is 0 Å². The highest BCUT2D eigenvalue weighted by Gasteiger charge is 2.08. The van der Waals surface area contributed by atoms with Crippen molar-refractivity contribution in [2.75, 3.05) is 6.61 Å². The molecule has 12 heavy (non-hydrogen) atoms. The summed E-state index contributed by atoms with van der Waals surface area (Å²) in [5, 5.41) is 16.1. The Morgan fingerprint density at radius 3 is 3.08 bits per heavy atom. The van der Waals surface area contributed by atoms with Gasteiger partial charge in [-0.25, -0.2) is 5.90 Å². The molecule has 1 aromatic rings. The fraction of sp³-hybridized carbons (Fsp3) is 0.400. The number of rotatable bonds is 4. The zero-order valence-electron chi connectivity index (χ0n) is 6.19. The summed E-state index contributed by atoms with van der Waals surface area (Å²) in [6, 6.07) is 1.35. The molecular formula is C5H8N4O3. The zero-order chi connectivity index (χ0) is 8.97. The standard InChI is InChI=1S/C5H8N4O3/c6-12-2-1-4-3-5(8-7-4)9(10)11/h3H,1-2,6H2,(H,7,8). The molecule has 0 unspecified atom stereocenters. The van der Waals surface area contributed by atoms with E-state index in [0.717, 1.165) is 0 Å². The first-order valence-corrected chi connectivity index (χ1v) is 3.24. The number of aromatic amines is 1. The van der Waals surface area contributed by atoms with Crippen molar-refractivity contribution in [1.29, 1.82) is 0 Å². The normalized spacial score (nSPS) is 10.1. The van der Waals surface area contributed by atoms with E-state index in [2.05, 4.69) is 15.0 Å². The summed E-state index contributed by atoms with van der Waals surface area (Å²) in [7, 11) is 0. The Kier molecular flexibility index (Phi) is 2.72. The molecule has 3 N–H and O–H groups in total. The van der Waals surface area contributed by atoms with Gasteiger partial charge in [0.25, 0.3) is 0 Å². The molecule has 0 radical (unpaired) electrons. The number of H-pyrrole nitrogens is 1. The summed E-state index contributed by atoms with van der Waals surface area (Å²) >= 11 is 0. The molecule has 0 amide bonds. The molecule has 0 fully saturated rings. The van der Waals surface area contributed by atoms with Crippen LogP contribution < -0.4 is 5.90 Å². The van der Waals surface area contributed by atoms with Gasteiger partial charge >= 0.3 is 5.82 Å². The molecule has 1 rings (SSSR count). The number of nitro groups is 1. The number of hydrogen-bond acceptors (Lipinski definition) is 5. The predicted molar refractivity (Wildman–Crippen MR) is 39.1 cm³/mol. The third kappa shape index (κ3) is 2.01. The van der Waals surface area contributed by atoms with Gasteiger partial charge in [-0.2, -0.15) is 0 Å². The largest absolute Gasteiger partial charge is 0.358 e. The zero-order valence-corrected chi connectivity index (χ0v) is 6.19. The minimum absolute atomic E-state index is 0.123. The fourth-order valence-corrected chi connectivity index (χ4v) is 0.737. The highest BCUT2D eigenvalue weighted by molar-refractivity contribution is 5.20. The summed E-state index contributed by atoms with van der Waals surface area (Å²) in [5.74, 6) is 4.65. The van der Waals surface area contributed by atoms with Crippen LogP contribution in [0.4, 0.5) is 5.82 Å². The maximum absolute atomic E-state index is 10.2. The topological polar surface area (TPSA) is 107 Å². The summed E-state index contributed by atoms with van der Waals surface area (Å²) in [6.45, 7) is 0.294. The third-order valence-corrected chi connectivity index (χ3v) is 1.29.